The Kier molecular flexibility index (Phi) is 6.00. The van der Waals surface area contributed by atoms with Crippen LogP contribution in [0.5, 0.6) is 0 Å². The minimum Gasteiger partial charge on any atom is -0.299 e. The summed E-state index contributed by atoms with van der Waals surface area (Å²) in [6.45, 7) is 0. The Hall–Kier alpha value is -3.00. The Morgan fingerprint density at radius 1 is 0.793 bits per heavy atom. The van der Waals surface area contributed by atoms with Crippen LogP contribution in [-0.4, -0.2) is 11.6 Å². The van der Waals surface area contributed by atoms with Crippen LogP contribution in [0, 0.1) is 5.92 Å². The molecule has 1 fully saturated rings. The van der Waals surface area contributed by atoms with Crippen molar-refractivity contribution in [1.29, 1.82) is 0 Å². The van der Waals surface area contributed by atoms with Crippen molar-refractivity contribution in [1.82, 2.24) is 0 Å². The fraction of sp³-hybridized carbons (Fsp3) is 0.259. The Balaban J connectivity index is 1.64. The maximum atomic E-state index is 13.5. The summed E-state index contributed by atoms with van der Waals surface area (Å²) < 4.78 is 0. The molecule has 0 N–H and O–H groups in total. The molecule has 2 nitrogen and oxygen atoms in total. The van der Waals surface area contributed by atoms with Gasteiger partial charge in [-0.25, -0.2) is 0 Å². The van der Waals surface area contributed by atoms with Crippen LogP contribution in [0.25, 0.3) is 0 Å². The van der Waals surface area contributed by atoms with E-state index in [9.17, 15) is 9.59 Å². The van der Waals surface area contributed by atoms with Gasteiger partial charge in [0.25, 0.3) is 0 Å². The molecular formula is C27H26O2. The van der Waals surface area contributed by atoms with Gasteiger partial charge in [-0.1, -0.05) is 97.4 Å². The maximum Gasteiger partial charge on any atom is 0.163 e. The van der Waals surface area contributed by atoms with Gasteiger partial charge in [0.15, 0.2) is 5.78 Å². The van der Waals surface area contributed by atoms with E-state index in [2.05, 4.69) is 24.3 Å². The second-order valence-corrected chi connectivity index (χ2v) is 7.91. The van der Waals surface area contributed by atoms with Crippen LogP contribution < -0.4 is 0 Å². The highest BCUT2D eigenvalue weighted by atomic mass is 16.1. The van der Waals surface area contributed by atoms with Gasteiger partial charge in [0.05, 0.1) is 0 Å². The highest BCUT2D eigenvalue weighted by Gasteiger charge is 2.38. The van der Waals surface area contributed by atoms with E-state index in [4.69, 9.17) is 0 Å². The molecule has 0 spiro atoms. The van der Waals surface area contributed by atoms with Crippen molar-refractivity contribution in [3.63, 3.8) is 0 Å². The summed E-state index contributed by atoms with van der Waals surface area (Å²) in [5.41, 5.74) is 2.91. The van der Waals surface area contributed by atoms with Crippen LogP contribution in [0.1, 0.15) is 59.0 Å². The lowest BCUT2D eigenvalue weighted by Gasteiger charge is -2.33. The molecule has 3 aromatic carbocycles. The molecule has 29 heavy (non-hydrogen) atoms. The van der Waals surface area contributed by atoms with Gasteiger partial charge < -0.3 is 0 Å². The Labute approximate surface area is 172 Å². The first-order chi connectivity index (χ1) is 14.2. The Morgan fingerprint density at radius 2 is 1.38 bits per heavy atom. The van der Waals surface area contributed by atoms with Crippen LogP contribution in [0.15, 0.2) is 91.0 Å². The molecule has 3 aromatic rings. The van der Waals surface area contributed by atoms with Gasteiger partial charge in [-0.05, 0) is 24.0 Å². The van der Waals surface area contributed by atoms with Crippen molar-refractivity contribution in [3.8, 4) is 0 Å². The van der Waals surface area contributed by atoms with Crippen LogP contribution in [-0.2, 0) is 4.79 Å². The van der Waals surface area contributed by atoms with Crippen LogP contribution >= 0.6 is 0 Å². The quantitative estimate of drug-likeness (QED) is 0.476. The number of rotatable bonds is 6. The van der Waals surface area contributed by atoms with Crippen molar-refractivity contribution in [2.75, 3.05) is 0 Å². The fourth-order valence-corrected chi connectivity index (χ4v) is 4.63. The fourth-order valence-electron chi connectivity index (χ4n) is 4.63. The molecule has 3 atom stereocenters. The molecule has 0 heterocycles. The van der Waals surface area contributed by atoms with Gasteiger partial charge in [0.2, 0.25) is 0 Å². The summed E-state index contributed by atoms with van der Waals surface area (Å²) in [4.78, 5) is 26.6. The zero-order valence-electron chi connectivity index (χ0n) is 16.5. The zero-order valence-corrected chi connectivity index (χ0v) is 16.5. The molecule has 1 saturated carbocycles. The normalized spacial score (nSPS) is 20.2. The van der Waals surface area contributed by atoms with Crippen LogP contribution in [0.3, 0.4) is 0 Å². The number of hydrogen-bond acceptors (Lipinski definition) is 2. The number of carbonyl (C=O) groups is 2. The van der Waals surface area contributed by atoms with Crippen molar-refractivity contribution in [2.24, 2.45) is 5.92 Å². The Morgan fingerprint density at radius 3 is 2.03 bits per heavy atom. The minimum atomic E-state index is -0.121. The molecule has 0 unspecified atom stereocenters. The first-order valence-electron chi connectivity index (χ1n) is 10.5. The molecule has 0 bridgehead atoms. The van der Waals surface area contributed by atoms with Crippen molar-refractivity contribution >= 4 is 11.6 Å². The van der Waals surface area contributed by atoms with Crippen molar-refractivity contribution < 1.29 is 9.59 Å². The molecule has 1 aliphatic rings. The predicted molar refractivity (Wildman–Crippen MR) is 116 cm³/mol. The van der Waals surface area contributed by atoms with E-state index in [0.717, 1.165) is 36.0 Å². The summed E-state index contributed by atoms with van der Waals surface area (Å²) in [6, 6.07) is 29.6. The zero-order chi connectivity index (χ0) is 20.1. The van der Waals surface area contributed by atoms with Crippen LogP contribution in [0.4, 0.5) is 0 Å². The van der Waals surface area contributed by atoms with E-state index in [0.29, 0.717) is 6.42 Å². The highest BCUT2D eigenvalue weighted by molar-refractivity contribution is 5.97. The summed E-state index contributed by atoms with van der Waals surface area (Å²) in [5.74, 6) is 0.131. The third kappa shape index (κ3) is 4.37. The van der Waals surface area contributed by atoms with E-state index in [1.165, 1.54) is 0 Å². The van der Waals surface area contributed by atoms with Gasteiger partial charge in [0, 0.05) is 29.7 Å². The third-order valence-corrected chi connectivity index (χ3v) is 6.13. The lowest BCUT2D eigenvalue weighted by molar-refractivity contribution is -0.127. The van der Waals surface area contributed by atoms with Gasteiger partial charge in [-0.15, -0.1) is 0 Å². The Bertz CT molecular complexity index is 948. The molecule has 0 radical (unpaired) electrons. The summed E-state index contributed by atoms with van der Waals surface area (Å²) in [6.07, 6.45) is 3.13. The first kappa shape index (κ1) is 19.3. The predicted octanol–water partition coefficient (Wildman–Crippen LogP) is 6.20. The SMILES string of the molecule is O=C(C[C@H](c1ccccc1)[C@@H]1CCC[C@@H](c2ccccc2)C1=O)c1ccccc1. The van der Waals surface area contributed by atoms with Crippen molar-refractivity contribution in [3.05, 3.63) is 108 Å². The molecular weight excluding hydrogens is 356 g/mol. The average molecular weight is 383 g/mol. The summed E-state index contributed by atoms with van der Waals surface area (Å²) in [5, 5.41) is 0. The van der Waals surface area contributed by atoms with Gasteiger partial charge in [0.1, 0.15) is 5.78 Å². The largest absolute Gasteiger partial charge is 0.299 e. The number of ketones is 2. The number of hydrogen-bond donors (Lipinski definition) is 0. The topological polar surface area (TPSA) is 34.1 Å². The monoisotopic (exact) mass is 382 g/mol. The molecule has 0 aliphatic heterocycles. The molecule has 2 heteroatoms. The smallest absolute Gasteiger partial charge is 0.163 e. The lowest BCUT2D eigenvalue weighted by atomic mass is 9.68. The van der Waals surface area contributed by atoms with E-state index in [1.54, 1.807) is 0 Å². The van der Waals surface area contributed by atoms with E-state index in [1.807, 2.05) is 66.7 Å². The second-order valence-electron chi connectivity index (χ2n) is 7.91. The first-order valence-corrected chi connectivity index (χ1v) is 10.5. The van der Waals surface area contributed by atoms with Gasteiger partial charge >= 0.3 is 0 Å². The standard InChI is InChI=1S/C27H26O2/c28-26(22-15-8-3-9-16-22)19-25(21-13-6-2-7-14-21)24-18-10-17-23(27(24)29)20-11-4-1-5-12-20/h1-9,11-16,23-25H,10,17-19H2/t23-,24-,25+/m0/s1. The molecule has 146 valence electrons. The van der Waals surface area contributed by atoms with Crippen LogP contribution in [0.2, 0.25) is 0 Å². The summed E-state index contributed by atoms with van der Waals surface area (Å²) >= 11 is 0. The molecule has 1 aliphatic carbocycles. The van der Waals surface area contributed by atoms with E-state index < -0.39 is 0 Å². The van der Waals surface area contributed by atoms with Gasteiger partial charge in [-0.2, -0.15) is 0 Å². The van der Waals surface area contributed by atoms with Gasteiger partial charge in [-0.3, -0.25) is 9.59 Å². The minimum absolute atomic E-state index is 0.0620. The number of benzene rings is 3. The molecule has 4 rings (SSSR count). The molecule has 0 saturated heterocycles. The molecule has 0 amide bonds. The van der Waals surface area contributed by atoms with Crippen molar-refractivity contribution in [2.45, 2.75) is 37.5 Å². The number of Topliss-reactive ketones (excluding diaryl/α,β-unsaturated/α-hetero) is 2. The lowest BCUT2D eigenvalue weighted by Crippen LogP contribution is -2.32. The summed E-state index contributed by atoms with van der Waals surface area (Å²) in [7, 11) is 0. The maximum absolute atomic E-state index is 13.5. The average Bonchev–Trinajstić information content (AvgIpc) is 2.79. The number of carbonyl (C=O) groups excluding carboxylic acids is 2. The second kappa shape index (κ2) is 9.00. The third-order valence-electron chi connectivity index (χ3n) is 6.13. The van der Waals surface area contributed by atoms with E-state index in [-0.39, 0.29) is 29.3 Å². The molecule has 0 aromatic heterocycles. The van der Waals surface area contributed by atoms with E-state index >= 15 is 0 Å². The highest BCUT2D eigenvalue weighted by Crippen LogP contribution is 2.42.